The molecule has 6 heteroatoms. The lowest BCUT2D eigenvalue weighted by molar-refractivity contribution is 0.0743. The molecule has 0 saturated carbocycles. The molecule has 3 aromatic carbocycles. The van der Waals surface area contributed by atoms with Gasteiger partial charge in [0.1, 0.15) is 29.4 Å². The van der Waals surface area contributed by atoms with Crippen LogP contribution < -0.4 is 9.64 Å². The Morgan fingerprint density at radius 3 is 2.52 bits per heavy atom. The third-order valence-corrected chi connectivity index (χ3v) is 5.96. The first kappa shape index (κ1) is 19.3. The van der Waals surface area contributed by atoms with E-state index in [1.54, 1.807) is 4.90 Å². The quantitative estimate of drug-likeness (QED) is 0.657. The van der Waals surface area contributed by atoms with Crippen LogP contribution in [-0.4, -0.2) is 34.1 Å². The van der Waals surface area contributed by atoms with Crippen LogP contribution in [0, 0.1) is 0 Å². The lowest BCUT2D eigenvalue weighted by Crippen LogP contribution is -2.37. The van der Waals surface area contributed by atoms with Crippen molar-refractivity contribution in [1.29, 1.82) is 0 Å². The van der Waals surface area contributed by atoms with Crippen LogP contribution in [-0.2, 0) is 19.7 Å². The molecule has 6 nitrogen and oxygen atoms in total. The number of anilines is 1. The van der Waals surface area contributed by atoms with E-state index in [-0.39, 0.29) is 35.3 Å². The number of carbonyl (C=O) groups excluding carboxylic acids is 1. The normalized spacial score (nSPS) is 14.8. The average molecular weight is 416 g/mol. The molecule has 0 radical (unpaired) electrons. The highest BCUT2D eigenvalue weighted by Crippen LogP contribution is 2.38. The number of carbonyl (C=O) groups is 1. The van der Waals surface area contributed by atoms with Crippen LogP contribution in [0.15, 0.2) is 60.7 Å². The highest BCUT2D eigenvalue weighted by Gasteiger charge is 2.32. The molecule has 0 aliphatic carbocycles. The second-order valence-electron chi connectivity index (χ2n) is 8.03. The fraction of sp³-hybridized carbons (Fsp3) is 0.240. The van der Waals surface area contributed by atoms with Crippen molar-refractivity contribution in [3.05, 3.63) is 82.9 Å². The van der Waals surface area contributed by atoms with E-state index < -0.39 is 0 Å². The molecule has 3 aromatic rings. The fourth-order valence-corrected chi connectivity index (χ4v) is 4.21. The van der Waals surface area contributed by atoms with Gasteiger partial charge in [-0.3, -0.25) is 4.79 Å². The minimum atomic E-state index is -0.314. The molecule has 1 saturated heterocycles. The number of amides is 1. The van der Waals surface area contributed by atoms with Crippen molar-refractivity contribution in [2.24, 2.45) is 0 Å². The van der Waals surface area contributed by atoms with E-state index in [1.807, 2.05) is 36.4 Å². The summed E-state index contributed by atoms with van der Waals surface area (Å²) in [6, 6.07) is 18.3. The Kier molecular flexibility index (Phi) is 4.90. The van der Waals surface area contributed by atoms with Crippen LogP contribution in [0.4, 0.5) is 5.69 Å². The molecule has 0 atom stereocenters. The minimum absolute atomic E-state index is 0.0760. The van der Waals surface area contributed by atoms with E-state index in [4.69, 9.17) is 4.74 Å². The van der Waals surface area contributed by atoms with Crippen LogP contribution in [0.2, 0.25) is 0 Å². The summed E-state index contributed by atoms with van der Waals surface area (Å²) in [4.78, 5) is 17.5. The number of nitrogens with zero attached hydrogens (tertiary/aromatic N) is 2. The summed E-state index contributed by atoms with van der Waals surface area (Å²) in [6.45, 7) is 3.28. The zero-order chi connectivity index (χ0) is 21.4. The topological polar surface area (TPSA) is 73.2 Å². The molecule has 1 amide bonds. The largest absolute Gasteiger partial charge is 0.508 e. The predicted molar refractivity (Wildman–Crippen MR) is 117 cm³/mol. The Morgan fingerprint density at radius 1 is 0.968 bits per heavy atom. The van der Waals surface area contributed by atoms with Crippen LogP contribution in [0.3, 0.4) is 0 Å². The monoisotopic (exact) mass is 416 g/mol. The van der Waals surface area contributed by atoms with Crippen molar-refractivity contribution < 1.29 is 19.7 Å². The first-order valence-corrected chi connectivity index (χ1v) is 10.5. The van der Waals surface area contributed by atoms with Gasteiger partial charge in [-0.15, -0.1) is 0 Å². The third kappa shape index (κ3) is 3.65. The predicted octanol–water partition coefficient (Wildman–Crippen LogP) is 4.04. The average Bonchev–Trinajstić information content (AvgIpc) is 3.16. The molecule has 0 aromatic heterocycles. The number of rotatable bonds is 5. The summed E-state index contributed by atoms with van der Waals surface area (Å²) in [7, 11) is 0. The molecule has 0 spiro atoms. The molecule has 31 heavy (non-hydrogen) atoms. The molecular weight excluding hydrogens is 392 g/mol. The van der Waals surface area contributed by atoms with E-state index in [1.165, 1.54) is 29.8 Å². The van der Waals surface area contributed by atoms with Gasteiger partial charge in [0.25, 0.3) is 5.91 Å². The van der Waals surface area contributed by atoms with Crippen molar-refractivity contribution in [2.75, 3.05) is 18.0 Å². The standard InChI is InChI=1S/C25H24N2O4/c28-19-12-22(29)24(23(13-19)31-16-17-6-2-1-3-7-17)25(30)27-14-18-8-4-9-21(20(18)15-27)26-10-5-11-26/h1-4,6-9,12-13,28-29H,5,10-11,14-16H2. The second-order valence-corrected chi connectivity index (χ2v) is 8.03. The molecule has 2 N–H and O–H groups in total. The third-order valence-electron chi connectivity index (χ3n) is 5.96. The molecule has 1 fully saturated rings. The summed E-state index contributed by atoms with van der Waals surface area (Å²) in [5, 5.41) is 20.5. The maximum Gasteiger partial charge on any atom is 0.262 e. The van der Waals surface area contributed by atoms with Gasteiger partial charge in [-0.25, -0.2) is 0 Å². The van der Waals surface area contributed by atoms with E-state index in [0.29, 0.717) is 13.1 Å². The van der Waals surface area contributed by atoms with Gasteiger partial charge in [0.2, 0.25) is 0 Å². The maximum absolute atomic E-state index is 13.4. The van der Waals surface area contributed by atoms with Crippen molar-refractivity contribution in [3.63, 3.8) is 0 Å². The smallest absolute Gasteiger partial charge is 0.262 e. The molecule has 2 aliphatic rings. The van der Waals surface area contributed by atoms with Crippen LogP contribution in [0.25, 0.3) is 0 Å². The van der Waals surface area contributed by atoms with Crippen molar-refractivity contribution >= 4 is 11.6 Å². The first-order valence-electron chi connectivity index (χ1n) is 10.5. The molecule has 2 aliphatic heterocycles. The SMILES string of the molecule is O=C(c1c(O)cc(O)cc1OCc1ccccc1)N1Cc2cccc(N3CCC3)c2C1. The van der Waals surface area contributed by atoms with Gasteiger partial charge < -0.3 is 24.7 Å². The molecule has 2 heterocycles. The second kappa shape index (κ2) is 7.87. The lowest BCUT2D eigenvalue weighted by atomic mass is 10.0. The van der Waals surface area contributed by atoms with Gasteiger partial charge in [-0.2, -0.15) is 0 Å². The van der Waals surface area contributed by atoms with Gasteiger partial charge in [-0.1, -0.05) is 42.5 Å². The summed E-state index contributed by atoms with van der Waals surface area (Å²) in [6.07, 6.45) is 1.19. The first-order chi connectivity index (χ1) is 15.1. The number of phenols is 2. The van der Waals surface area contributed by atoms with Gasteiger partial charge in [0, 0.05) is 44.0 Å². The van der Waals surface area contributed by atoms with Gasteiger partial charge in [-0.05, 0) is 29.2 Å². The number of phenolic OH excluding ortho intramolecular Hbond substituents is 2. The van der Waals surface area contributed by atoms with E-state index in [2.05, 4.69) is 17.0 Å². The van der Waals surface area contributed by atoms with E-state index in [0.717, 1.165) is 24.2 Å². The van der Waals surface area contributed by atoms with E-state index in [9.17, 15) is 15.0 Å². The molecule has 0 bridgehead atoms. The number of hydrogen-bond acceptors (Lipinski definition) is 5. The highest BCUT2D eigenvalue weighted by atomic mass is 16.5. The Morgan fingerprint density at radius 2 is 1.77 bits per heavy atom. The Hall–Kier alpha value is -3.67. The van der Waals surface area contributed by atoms with Gasteiger partial charge in [0.15, 0.2) is 0 Å². The number of benzene rings is 3. The maximum atomic E-state index is 13.4. The van der Waals surface area contributed by atoms with Crippen molar-refractivity contribution in [3.8, 4) is 17.2 Å². The van der Waals surface area contributed by atoms with Gasteiger partial charge >= 0.3 is 0 Å². The summed E-state index contributed by atoms with van der Waals surface area (Å²) < 4.78 is 5.86. The Balaban J connectivity index is 1.41. The Bertz CT molecular complexity index is 1130. The number of fused-ring (bicyclic) bond motifs is 1. The lowest BCUT2D eigenvalue weighted by Gasteiger charge is -2.34. The van der Waals surface area contributed by atoms with E-state index >= 15 is 0 Å². The number of ether oxygens (including phenoxy) is 1. The zero-order valence-electron chi connectivity index (χ0n) is 17.1. The van der Waals surface area contributed by atoms with Gasteiger partial charge in [0.05, 0.1) is 0 Å². The highest BCUT2D eigenvalue weighted by molar-refractivity contribution is 6.00. The van der Waals surface area contributed by atoms with Crippen molar-refractivity contribution in [2.45, 2.75) is 26.1 Å². The molecule has 5 rings (SSSR count). The Labute approximate surface area is 180 Å². The fourth-order valence-electron chi connectivity index (χ4n) is 4.21. The number of aromatic hydroxyl groups is 2. The van der Waals surface area contributed by atoms with Crippen LogP contribution in [0.5, 0.6) is 17.2 Å². The van der Waals surface area contributed by atoms with Crippen molar-refractivity contribution in [1.82, 2.24) is 4.90 Å². The summed E-state index contributed by atoms with van der Waals surface area (Å²) in [5.41, 5.74) is 4.49. The molecular formula is C25H24N2O4. The molecule has 0 unspecified atom stereocenters. The number of hydrogen-bond donors (Lipinski definition) is 2. The minimum Gasteiger partial charge on any atom is -0.508 e. The zero-order valence-corrected chi connectivity index (χ0v) is 17.1. The summed E-state index contributed by atoms with van der Waals surface area (Å²) >= 11 is 0. The van der Waals surface area contributed by atoms with Crippen LogP contribution >= 0.6 is 0 Å². The van der Waals surface area contributed by atoms with Crippen LogP contribution in [0.1, 0.15) is 33.5 Å². The molecule has 158 valence electrons. The summed E-state index contributed by atoms with van der Waals surface area (Å²) in [5.74, 6) is -0.578.